The van der Waals surface area contributed by atoms with Crippen molar-refractivity contribution in [1.29, 1.82) is 0 Å². The zero-order valence-corrected chi connectivity index (χ0v) is 13.9. The average Bonchev–Trinajstić information content (AvgIpc) is 3.04. The summed E-state index contributed by atoms with van der Waals surface area (Å²) in [4.78, 5) is 22.9. The summed E-state index contributed by atoms with van der Waals surface area (Å²) in [7, 11) is 1.68. The summed E-state index contributed by atoms with van der Waals surface area (Å²) in [5.41, 5.74) is 4.15. The summed E-state index contributed by atoms with van der Waals surface area (Å²) < 4.78 is 13.4. The first-order valence-electron chi connectivity index (χ1n) is 7.98. The van der Waals surface area contributed by atoms with Gasteiger partial charge in [0.25, 0.3) is 5.91 Å². The Bertz CT molecular complexity index is 981. The number of pyridine rings is 2. The summed E-state index contributed by atoms with van der Waals surface area (Å²) in [6.07, 6.45) is 2.41. The molecule has 126 valence electrons. The van der Waals surface area contributed by atoms with Gasteiger partial charge in [-0.25, -0.2) is 9.37 Å². The number of amides is 1. The highest BCUT2D eigenvalue weighted by atomic mass is 19.1. The molecule has 6 nitrogen and oxygen atoms in total. The lowest BCUT2D eigenvalue weighted by Crippen LogP contribution is -2.28. The van der Waals surface area contributed by atoms with E-state index in [-0.39, 0.29) is 11.7 Å². The molecular weight excluding hydrogens is 321 g/mol. The number of fused-ring (bicyclic) bond motifs is 3. The number of anilines is 1. The quantitative estimate of drug-likeness (QED) is 0.780. The molecule has 0 aliphatic heterocycles. The van der Waals surface area contributed by atoms with E-state index in [4.69, 9.17) is 0 Å². The van der Waals surface area contributed by atoms with Crippen LogP contribution in [0.2, 0.25) is 0 Å². The Morgan fingerprint density at radius 1 is 1.28 bits per heavy atom. The molecule has 0 aromatic carbocycles. The van der Waals surface area contributed by atoms with Gasteiger partial charge in [0.2, 0.25) is 0 Å². The topological polar surface area (TPSA) is 74.8 Å². The van der Waals surface area contributed by atoms with Crippen molar-refractivity contribution in [2.75, 3.05) is 11.9 Å². The lowest BCUT2D eigenvalue weighted by Gasteiger charge is -2.18. The Balaban J connectivity index is 1.72. The maximum Gasteiger partial charge on any atom is 0.277 e. The minimum absolute atomic E-state index is 0.211. The van der Waals surface area contributed by atoms with E-state index in [0.29, 0.717) is 35.7 Å². The van der Waals surface area contributed by atoms with E-state index in [1.54, 1.807) is 13.1 Å². The van der Waals surface area contributed by atoms with Gasteiger partial charge in [-0.2, -0.15) is 5.10 Å². The Labute approximate surface area is 143 Å². The predicted octanol–water partition coefficient (Wildman–Crippen LogP) is 2.69. The first kappa shape index (κ1) is 15.4. The minimum Gasteiger partial charge on any atom is -0.294 e. The van der Waals surface area contributed by atoms with Gasteiger partial charge in [-0.3, -0.25) is 19.8 Å². The van der Waals surface area contributed by atoms with Crippen LogP contribution in [0.1, 0.15) is 27.3 Å². The van der Waals surface area contributed by atoms with Gasteiger partial charge in [0, 0.05) is 18.3 Å². The molecule has 7 heteroatoms. The molecule has 3 heterocycles. The van der Waals surface area contributed by atoms with Crippen LogP contribution in [-0.4, -0.2) is 33.1 Å². The monoisotopic (exact) mass is 337 g/mol. The lowest BCUT2D eigenvalue weighted by atomic mass is 9.92. The summed E-state index contributed by atoms with van der Waals surface area (Å²) in [5, 5.41) is 7.10. The summed E-state index contributed by atoms with van der Waals surface area (Å²) >= 11 is 0. The van der Waals surface area contributed by atoms with Crippen molar-refractivity contribution in [3.8, 4) is 11.4 Å². The van der Waals surface area contributed by atoms with E-state index >= 15 is 0 Å². The molecule has 0 spiro atoms. The largest absolute Gasteiger partial charge is 0.294 e. The molecule has 1 aliphatic carbocycles. The molecule has 0 radical (unpaired) electrons. The molecule has 0 unspecified atom stereocenters. The maximum atomic E-state index is 13.4. The van der Waals surface area contributed by atoms with E-state index in [9.17, 15) is 9.18 Å². The van der Waals surface area contributed by atoms with Crippen LogP contribution in [-0.2, 0) is 12.8 Å². The molecule has 3 aromatic rings. The smallest absolute Gasteiger partial charge is 0.277 e. The third kappa shape index (κ3) is 2.57. The molecule has 4 rings (SSSR count). The number of carbonyl (C=O) groups excluding carboxylic acids is 1. The molecule has 25 heavy (non-hydrogen) atoms. The van der Waals surface area contributed by atoms with Crippen LogP contribution in [0, 0.1) is 12.7 Å². The van der Waals surface area contributed by atoms with Crippen LogP contribution < -0.4 is 4.90 Å². The molecule has 0 saturated carbocycles. The standard InChI is InChI=1S/C18H16FN5O/c1-10-4-3-5-14(21-10)24(2)18(25)17-13-7-6-11-8-12(19)9-20-15(11)16(13)22-23-17/h3-5,8-9H,6-7H2,1-2H3,(H,22,23). The molecule has 0 fully saturated rings. The maximum absolute atomic E-state index is 13.4. The van der Waals surface area contributed by atoms with Crippen molar-refractivity contribution in [3.63, 3.8) is 0 Å². The molecule has 1 aliphatic rings. The molecule has 0 saturated heterocycles. The SMILES string of the molecule is Cc1cccc(N(C)C(=O)c2[nH]nc3c2CCc2cc(F)cnc2-3)n1. The number of hydrogen-bond acceptors (Lipinski definition) is 4. The second-order valence-electron chi connectivity index (χ2n) is 6.09. The molecule has 3 aromatic heterocycles. The fraction of sp³-hybridized carbons (Fsp3) is 0.222. The van der Waals surface area contributed by atoms with Crippen LogP contribution >= 0.6 is 0 Å². The van der Waals surface area contributed by atoms with Gasteiger partial charge in [-0.05, 0) is 43.5 Å². The molecule has 1 amide bonds. The van der Waals surface area contributed by atoms with E-state index in [2.05, 4.69) is 20.2 Å². The molecular formula is C18H16FN5O. The Morgan fingerprint density at radius 2 is 2.12 bits per heavy atom. The highest BCUT2D eigenvalue weighted by Gasteiger charge is 2.28. The van der Waals surface area contributed by atoms with Gasteiger partial charge in [0.1, 0.15) is 23.0 Å². The minimum atomic E-state index is -0.362. The molecule has 0 atom stereocenters. The second-order valence-corrected chi connectivity index (χ2v) is 6.09. The Hall–Kier alpha value is -3.09. The van der Waals surface area contributed by atoms with E-state index in [1.807, 2.05) is 19.1 Å². The highest BCUT2D eigenvalue weighted by molar-refractivity contribution is 6.05. The van der Waals surface area contributed by atoms with Crippen LogP contribution in [0.5, 0.6) is 0 Å². The normalized spacial score (nSPS) is 12.4. The number of rotatable bonds is 2. The molecule has 0 bridgehead atoms. The number of hydrogen-bond donors (Lipinski definition) is 1. The van der Waals surface area contributed by atoms with Gasteiger partial charge in [0.15, 0.2) is 0 Å². The van der Waals surface area contributed by atoms with Crippen molar-refractivity contribution in [2.24, 2.45) is 0 Å². The Kier molecular flexibility index (Phi) is 3.56. The summed E-state index contributed by atoms with van der Waals surface area (Å²) in [5.74, 6) is 0.00135. The zero-order chi connectivity index (χ0) is 17.6. The van der Waals surface area contributed by atoms with Crippen molar-refractivity contribution < 1.29 is 9.18 Å². The number of nitrogens with zero attached hydrogens (tertiary/aromatic N) is 4. The van der Waals surface area contributed by atoms with Crippen LogP contribution in [0.25, 0.3) is 11.4 Å². The van der Waals surface area contributed by atoms with Crippen molar-refractivity contribution in [3.05, 3.63) is 58.8 Å². The van der Waals surface area contributed by atoms with E-state index in [0.717, 1.165) is 16.8 Å². The van der Waals surface area contributed by atoms with Gasteiger partial charge < -0.3 is 0 Å². The number of H-pyrrole nitrogens is 1. The van der Waals surface area contributed by atoms with E-state index in [1.165, 1.54) is 17.2 Å². The molecule has 1 N–H and O–H groups in total. The fourth-order valence-electron chi connectivity index (χ4n) is 3.11. The predicted molar refractivity (Wildman–Crippen MR) is 90.9 cm³/mol. The third-order valence-corrected chi connectivity index (χ3v) is 4.40. The lowest BCUT2D eigenvalue weighted by molar-refractivity contribution is 0.0986. The van der Waals surface area contributed by atoms with Gasteiger partial charge >= 0.3 is 0 Å². The first-order chi connectivity index (χ1) is 12.0. The van der Waals surface area contributed by atoms with Crippen LogP contribution in [0.3, 0.4) is 0 Å². The number of aryl methyl sites for hydroxylation is 2. The number of halogens is 1. The number of aromatic amines is 1. The Morgan fingerprint density at radius 3 is 2.92 bits per heavy atom. The third-order valence-electron chi connectivity index (χ3n) is 4.40. The van der Waals surface area contributed by atoms with Crippen LogP contribution in [0.4, 0.5) is 10.2 Å². The zero-order valence-electron chi connectivity index (χ0n) is 13.9. The fourth-order valence-corrected chi connectivity index (χ4v) is 3.11. The summed E-state index contributed by atoms with van der Waals surface area (Å²) in [6, 6.07) is 7.00. The first-order valence-corrected chi connectivity index (χ1v) is 7.98. The average molecular weight is 337 g/mol. The van der Waals surface area contributed by atoms with Crippen molar-refractivity contribution >= 4 is 11.7 Å². The summed E-state index contributed by atoms with van der Waals surface area (Å²) in [6.45, 7) is 1.88. The van der Waals surface area contributed by atoms with Gasteiger partial charge in [0.05, 0.1) is 11.9 Å². The highest BCUT2D eigenvalue weighted by Crippen LogP contribution is 2.32. The van der Waals surface area contributed by atoms with Gasteiger partial charge in [-0.15, -0.1) is 0 Å². The number of carbonyl (C=O) groups is 1. The second kappa shape index (κ2) is 5.77. The van der Waals surface area contributed by atoms with E-state index < -0.39 is 0 Å². The number of aromatic nitrogens is 4. The van der Waals surface area contributed by atoms with Crippen LogP contribution in [0.15, 0.2) is 30.5 Å². The van der Waals surface area contributed by atoms with Crippen molar-refractivity contribution in [1.82, 2.24) is 20.2 Å². The van der Waals surface area contributed by atoms with Gasteiger partial charge in [-0.1, -0.05) is 6.07 Å². The van der Waals surface area contributed by atoms with Crippen molar-refractivity contribution in [2.45, 2.75) is 19.8 Å². The number of nitrogens with one attached hydrogen (secondary N) is 1.